The fraction of sp³-hybridized carbons (Fsp3) is 0.529. The molecular formula is C17H23N3O5. The van der Waals surface area contributed by atoms with Gasteiger partial charge in [-0.15, -0.1) is 0 Å². The van der Waals surface area contributed by atoms with Gasteiger partial charge in [-0.05, 0) is 45.2 Å². The van der Waals surface area contributed by atoms with Gasteiger partial charge in [-0.25, -0.2) is 0 Å². The van der Waals surface area contributed by atoms with E-state index in [0.717, 1.165) is 12.8 Å². The highest BCUT2D eigenvalue weighted by molar-refractivity contribution is 5.99. The Morgan fingerprint density at radius 1 is 1.32 bits per heavy atom. The lowest BCUT2D eigenvalue weighted by molar-refractivity contribution is -0.385. The van der Waals surface area contributed by atoms with Crippen LogP contribution >= 0.6 is 0 Å². The number of likely N-dealkylation sites (tertiary alicyclic amines) is 1. The molecule has 1 aliphatic rings. The molecule has 0 aliphatic carbocycles. The largest absolute Gasteiger partial charge is 0.481 e. The van der Waals surface area contributed by atoms with Gasteiger partial charge >= 0.3 is 5.97 Å². The summed E-state index contributed by atoms with van der Waals surface area (Å²) in [5, 5.41) is 23.3. The summed E-state index contributed by atoms with van der Waals surface area (Å²) in [6, 6.07) is 4.35. The van der Waals surface area contributed by atoms with Crippen molar-refractivity contribution < 1.29 is 19.6 Å². The molecule has 1 aromatic rings. The van der Waals surface area contributed by atoms with Crippen LogP contribution in [0.25, 0.3) is 0 Å². The predicted molar refractivity (Wildman–Crippen MR) is 92.8 cm³/mol. The second-order valence-electron chi connectivity index (χ2n) is 6.89. The van der Waals surface area contributed by atoms with E-state index >= 15 is 0 Å². The summed E-state index contributed by atoms with van der Waals surface area (Å²) in [4.78, 5) is 35.7. The molecule has 0 aromatic heterocycles. The van der Waals surface area contributed by atoms with E-state index in [1.54, 1.807) is 11.0 Å². The number of hydrogen-bond acceptors (Lipinski definition) is 5. The van der Waals surface area contributed by atoms with Gasteiger partial charge in [0.25, 0.3) is 11.6 Å². The maximum atomic E-state index is 12.6. The van der Waals surface area contributed by atoms with Crippen molar-refractivity contribution in [2.75, 3.05) is 18.4 Å². The van der Waals surface area contributed by atoms with E-state index in [4.69, 9.17) is 5.11 Å². The molecule has 136 valence electrons. The second-order valence-corrected chi connectivity index (χ2v) is 6.89. The molecule has 0 unspecified atom stereocenters. The van der Waals surface area contributed by atoms with Crippen molar-refractivity contribution in [2.45, 2.75) is 45.1 Å². The quantitative estimate of drug-likeness (QED) is 0.578. The maximum absolute atomic E-state index is 12.6. The molecule has 2 N–H and O–H groups in total. The molecule has 8 heteroatoms. The first-order valence-corrected chi connectivity index (χ1v) is 8.27. The molecule has 1 amide bonds. The van der Waals surface area contributed by atoms with E-state index in [-0.39, 0.29) is 23.6 Å². The highest BCUT2D eigenvalue weighted by Gasteiger charge is 2.28. The van der Waals surface area contributed by atoms with Gasteiger partial charge in [0.15, 0.2) is 0 Å². The number of nitro benzene ring substituents is 1. The first kappa shape index (κ1) is 18.7. The number of rotatable bonds is 7. The number of benzene rings is 1. The lowest BCUT2D eigenvalue weighted by atomic mass is 9.97. The van der Waals surface area contributed by atoms with Gasteiger partial charge in [0.05, 0.1) is 4.92 Å². The van der Waals surface area contributed by atoms with Gasteiger partial charge in [0.1, 0.15) is 5.56 Å². The zero-order valence-electron chi connectivity index (χ0n) is 14.4. The van der Waals surface area contributed by atoms with Gasteiger partial charge in [-0.1, -0.05) is 0 Å². The molecule has 1 aromatic carbocycles. The molecule has 1 heterocycles. The zero-order chi connectivity index (χ0) is 18.6. The third kappa shape index (κ3) is 4.91. The Morgan fingerprint density at radius 2 is 1.96 bits per heavy atom. The van der Waals surface area contributed by atoms with E-state index in [1.165, 1.54) is 12.1 Å². The minimum Gasteiger partial charge on any atom is -0.481 e. The lowest BCUT2D eigenvalue weighted by Gasteiger charge is -2.27. The molecule has 8 nitrogen and oxygen atoms in total. The van der Waals surface area contributed by atoms with Crippen molar-refractivity contribution in [2.24, 2.45) is 0 Å². The summed E-state index contributed by atoms with van der Waals surface area (Å²) in [7, 11) is 0. The number of carbonyl (C=O) groups excluding carboxylic acids is 1. The summed E-state index contributed by atoms with van der Waals surface area (Å²) in [6.45, 7) is 4.91. The molecule has 0 atom stereocenters. The van der Waals surface area contributed by atoms with E-state index in [1.807, 2.05) is 13.8 Å². The third-order valence-corrected chi connectivity index (χ3v) is 4.26. The standard InChI is InChI=1S/C17H23N3O5/c1-17(2,8-7-15(21)22)18-12-5-6-14(20(24)25)13(11-12)16(23)19-9-3-4-10-19/h5-6,11,18H,3-4,7-10H2,1-2H3,(H,21,22). The van der Waals surface area contributed by atoms with Crippen molar-refractivity contribution in [1.29, 1.82) is 0 Å². The van der Waals surface area contributed by atoms with Crippen LogP contribution in [0.1, 0.15) is 49.9 Å². The third-order valence-electron chi connectivity index (χ3n) is 4.26. The van der Waals surface area contributed by atoms with Crippen molar-refractivity contribution in [3.8, 4) is 0 Å². The Labute approximate surface area is 146 Å². The Kier molecular flexibility index (Phi) is 5.61. The second kappa shape index (κ2) is 7.50. The maximum Gasteiger partial charge on any atom is 0.303 e. The minimum absolute atomic E-state index is 0.00649. The smallest absolute Gasteiger partial charge is 0.303 e. The number of carboxylic acid groups (broad SMARTS) is 1. The summed E-state index contributed by atoms with van der Waals surface area (Å²) >= 11 is 0. The summed E-state index contributed by atoms with van der Waals surface area (Å²) in [5.41, 5.74) is -0.122. The van der Waals surface area contributed by atoms with Crippen molar-refractivity contribution in [3.05, 3.63) is 33.9 Å². The Hall–Kier alpha value is -2.64. The number of amides is 1. The molecule has 0 spiro atoms. The van der Waals surface area contributed by atoms with E-state index < -0.39 is 16.4 Å². The molecule has 0 saturated carbocycles. The van der Waals surface area contributed by atoms with Crippen LogP contribution in [0.15, 0.2) is 18.2 Å². The van der Waals surface area contributed by atoms with Gasteiger partial charge in [-0.3, -0.25) is 19.7 Å². The summed E-state index contributed by atoms with van der Waals surface area (Å²) in [6.07, 6.45) is 2.20. The van der Waals surface area contributed by atoms with E-state index in [9.17, 15) is 19.7 Å². The molecule has 1 fully saturated rings. The monoisotopic (exact) mass is 349 g/mol. The van der Waals surface area contributed by atoms with Crippen LogP contribution in [-0.2, 0) is 4.79 Å². The van der Waals surface area contributed by atoms with Crippen LogP contribution in [0, 0.1) is 10.1 Å². The molecule has 0 radical (unpaired) electrons. The average molecular weight is 349 g/mol. The highest BCUT2D eigenvalue weighted by Crippen LogP contribution is 2.28. The SMILES string of the molecule is CC(C)(CCC(=O)O)Nc1ccc([N+](=O)[O-])c(C(=O)N2CCCC2)c1. The number of nitro groups is 1. The van der Waals surface area contributed by atoms with Crippen LogP contribution in [0.5, 0.6) is 0 Å². The molecule has 0 bridgehead atoms. The number of nitrogens with zero attached hydrogens (tertiary/aromatic N) is 2. The zero-order valence-corrected chi connectivity index (χ0v) is 14.4. The number of nitrogens with one attached hydrogen (secondary N) is 1. The Bertz CT molecular complexity index is 681. The summed E-state index contributed by atoms with van der Waals surface area (Å²) < 4.78 is 0. The average Bonchev–Trinajstić information content (AvgIpc) is 3.06. The molecule has 2 rings (SSSR count). The van der Waals surface area contributed by atoms with Gasteiger partial charge in [-0.2, -0.15) is 0 Å². The molecule has 25 heavy (non-hydrogen) atoms. The van der Waals surface area contributed by atoms with Crippen LogP contribution in [0.4, 0.5) is 11.4 Å². The van der Waals surface area contributed by atoms with Crippen LogP contribution in [0.2, 0.25) is 0 Å². The summed E-state index contributed by atoms with van der Waals surface area (Å²) in [5.74, 6) is -1.22. The lowest BCUT2D eigenvalue weighted by Crippen LogP contribution is -2.32. The van der Waals surface area contributed by atoms with Crippen LogP contribution in [-0.4, -0.2) is 45.4 Å². The van der Waals surface area contributed by atoms with Crippen LogP contribution < -0.4 is 5.32 Å². The first-order valence-electron chi connectivity index (χ1n) is 8.27. The van der Waals surface area contributed by atoms with Crippen LogP contribution in [0.3, 0.4) is 0 Å². The van der Waals surface area contributed by atoms with E-state index in [2.05, 4.69) is 5.32 Å². The molecular weight excluding hydrogens is 326 g/mol. The Balaban J connectivity index is 2.25. The number of aliphatic carboxylic acids is 1. The van der Waals surface area contributed by atoms with E-state index in [0.29, 0.717) is 25.2 Å². The fourth-order valence-electron chi connectivity index (χ4n) is 2.91. The number of carbonyl (C=O) groups is 2. The predicted octanol–water partition coefficient (Wildman–Crippen LogP) is 2.89. The minimum atomic E-state index is -0.886. The number of carboxylic acids is 1. The Morgan fingerprint density at radius 3 is 2.52 bits per heavy atom. The highest BCUT2D eigenvalue weighted by atomic mass is 16.6. The fourth-order valence-corrected chi connectivity index (χ4v) is 2.91. The number of hydrogen-bond donors (Lipinski definition) is 2. The van der Waals surface area contributed by atoms with Gasteiger partial charge in [0, 0.05) is 36.8 Å². The topological polar surface area (TPSA) is 113 Å². The van der Waals surface area contributed by atoms with Crippen molar-refractivity contribution >= 4 is 23.3 Å². The van der Waals surface area contributed by atoms with Crippen molar-refractivity contribution in [1.82, 2.24) is 4.90 Å². The van der Waals surface area contributed by atoms with Gasteiger partial charge < -0.3 is 15.3 Å². The number of anilines is 1. The molecule has 1 saturated heterocycles. The molecule has 1 aliphatic heterocycles. The van der Waals surface area contributed by atoms with Crippen molar-refractivity contribution in [3.63, 3.8) is 0 Å². The van der Waals surface area contributed by atoms with Gasteiger partial charge in [0.2, 0.25) is 0 Å². The normalized spacial score (nSPS) is 14.4. The first-order chi connectivity index (χ1) is 11.7.